The van der Waals surface area contributed by atoms with Crippen LogP contribution in [0.2, 0.25) is 0 Å². The molecule has 1 rings (SSSR count). The maximum atomic E-state index is 11.7. The molecule has 0 saturated carbocycles. The van der Waals surface area contributed by atoms with Crippen LogP contribution < -0.4 is 5.32 Å². The first-order valence-electron chi connectivity index (χ1n) is 5.23. The lowest BCUT2D eigenvalue weighted by atomic mass is 10.1. The molecular weight excluding hydrogens is 210 g/mol. The van der Waals surface area contributed by atoms with Gasteiger partial charge in [0.25, 0.3) is 5.79 Å². The molecule has 0 bridgehead atoms. The summed E-state index contributed by atoms with van der Waals surface area (Å²) < 4.78 is 9.98. The van der Waals surface area contributed by atoms with Crippen LogP contribution in [0.15, 0.2) is 11.6 Å². The highest BCUT2D eigenvalue weighted by atomic mass is 16.7. The molecule has 0 aromatic rings. The third-order valence-electron chi connectivity index (χ3n) is 2.05. The highest BCUT2D eigenvalue weighted by molar-refractivity contribution is 5.89. The van der Waals surface area contributed by atoms with Crippen molar-refractivity contribution in [2.75, 3.05) is 13.1 Å². The lowest BCUT2D eigenvalue weighted by molar-refractivity contribution is -0.212. The summed E-state index contributed by atoms with van der Waals surface area (Å²) >= 11 is 0. The molecule has 0 unspecified atom stereocenters. The molecule has 5 heteroatoms. The van der Waals surface area contributed by atoms with E-state index in [-0.39, 0.29) is 0 Å². The van der Waals surface area contributed by atoms with Crippen molar-refractivity contribution in [2.24, 2.45) is 0 Å². The zero-order chi connectivity index (χ0) is 12.2. The fraction of sp³-hybridized carbons (Fsp3) is 0.636. The molecule has 0 aromatic carbocycles. The molecule has 0 radical (unpaired) electrons. The first-order valence-corrected chi connectivity index (χ1v) is 5.23. The van der Waals surface area contributed by atoms with E-state index < -0.39 is 17.7 Å². The Morgan fingerprint density at radius 1 is 1.38 bits per heavy atom. The Balaban J connectivity index is 2.55. The second-order valence-electron chi connectivity index (χ2n) is 4.07. The number of carbonyl (C=O) groups excluding carboxylic acids is 2. The third-order valence-corrected chi connectivity index (χ3v) is 2.05. The van der Waals surface area contributed by atoms with Gasteiger partial charge in [0.1, 0.15) is 0 Å². The monoisotopic (exact) mass is 227 g/mol. The van der Waals surface area contributed by atoms with Crippen molar-refractivity contribution in [2.45, 2.75) is 33.0 Å². The van der Waals surface area contributed by atoms with E-state index in [9.17, 15) is 9.59 Å². The summed E-state index contributed by atoms with van der Waals surface area (Å²) in [5.74, 6) is -2.11. The van der Waals surface area contributed by atoms with E-state index in [0.29, 0.717) is 18.5 Å². The lowest BCUT2D eigenvalue weighted by Crippen LogP contribution is -2.35. The Hall–Kier alpha value is -1.36. The van der Waals surface area contributed by atoms with Gasteiger partial charge in [-0.05, 0) is 13.0 Å². The van der Waals surface area contributed by atoms with Crippen molar-refractivity contribution in [3.63, 3.8) is 0 Å². The molecule has 0 aliphatic carbocycles. The number of esters is 2. The van der Waals surface area contributed by atoms with E-state index in [1.54, 1.807) is 6.08 Å². The molecule has 0 amide bonds. The largest absolute Gasteiger partial charge is 0.423 e. The maximum absolute atomic E-state index is 11.7. The minimum Gasteiger partial charge on any atom is -0.423 e. The summed E-state index contributed by atoms with van der Waals surface area (Å²) in [4.78, 5) is 22.5. The third kappa shape index (κ3) is 4.02. The highest BCUT2D eigenvalue weighted by Gasteiger charge is 2.27. The van der Waals surface area contributed by atoms with E-state index >= 15 is 0 Å². The van der Waals surface area contributed by atoms with E-state index in [2.05, 4.69) is 5.32 Å². The number of ether oxygens (including phenoxy) is 2. The van der Waals surface area contributed by atoms with Gasteiger partial charge in [0.05, 0.1) is 0 Å². The summed E-state index contributed by atoms with van der Waals surface area (Å²) in [6, 6.07) is 0. The molecule has 0 aromatic heterocycles. The van der Waals surface area contributed by atoms with E-state index in [1.165, 1.54) is 20.8 Å². The van der Waals surface area contributed by atoms with Gasteiger partial charge in [-0.25, -0.2) is 4.79 Å². The van der Waals surface area contributed by atoms with Gasteiger partial charge >= 0.3 is 11.9 Å². The molecule has 0 atom stereocenters. The van der Waals surface area contributed by atoms with Crippen molar-refractivity contribution in [1.29, 1.82) is 0 Å². The van der Waals surface area contributed by atoms with Gasteiger partial charge in [-0.1, -0.05) is 6.08 Å². The van der Waals surface area contributed by atoms with Crippen LogP contribution in [0.4, 0.5) is 0 Å². The summed E-state index contributed by atoms with van der Waals surface area (Å²) in [5, 5.41) is 3.10. The lowest BCUT2D eigenvalue weighted by Gasteiger charge is -2.25. The van der Waals surface area contributed by atoms with Gasteiger partial charge in [0.15, 0.2) is 0 Å². The van der Waals surface area contributed by atoms with Crippen LogP contribution >= 0.6 is 0 Å². The van der Waals surface area contributed by atoms with Crippen molar-refractivity contribution in [1.82, 2.24) is 5.32 Å². The number of hydrogen-bond donors (Lipinski definition) is 1. The SMILES string of the molecule is CC(=O)OC(C)(C)OC(=O)C1=CCNCC1. The summed E-state index contributed by atoms with van der Waals surface area (Å²) in [6.07, 6.45) is 2.42. The molecule has 0 saturated heterocycles. The van der Waals surface area contributed by atoms with Crippen LogP contribution in [0.3, 0.4) is 0 Å². The Kier molecular flexibility index (Phi) is 4.06. The average molecular weight is 227 g/mol. The number of rotatable bonds is 3. The Bertz CT molecular complexity index is 320. The maximum Gasteiger partial charge on any atom is 0.337 e. The Morgan fingerprint density at radius 2 is 2.06 bits per heavy atom. The van der Waals surface area contributed by atoms with E-state index in [0.717, 1.165) is 6.54 Å². The molecule has 0 spiro atoms. The Labute approximate surface area is 94.8 Å². The van der Waals surface area contributed by atoms with Gasteiger partial charge in [0, 0.05) is 32.9 Å². The molecule has 90 valence electrons. The van der Waals surface area contributed by atoms with E-state index in [1.807, 2.05) is 0 Å². The number of hydrogen-bond acceptors (Lipinski definition) is 5. The predicted molar refractivity (Wildman–Crippen MR) is 57.5 cm³/mol. The van der Waals surface area contributed by atoms with Gasteiger partial charge in [-0.3, -0.25) is 4.79 Å². The van der Waals surface area contributed by atoms with Crippen molar-refractivity contribution < 1.29 is 19.1 Å². The van der Waals surface area contributed by atoms with Crippen LogP contribution in [0.1, 0.15) is 27.2 Å². The predicted octanol–water partition coefficient (Wildman–Crippen LogP) is 0.748. The van der Waals surface area contributed by atoms with Gasteiger partial charge in [-0.2, -0.15) is 0 Å². The van der Waals surface area contributed by atoms with Crippen molar-refractivity contribution >= 4 is 11.9 Å². The van der Waals surface area contributed by atoms with Crippen molar-refractivity contribution in [3.8, 4) is 0 Å². The minimum atomic E-state index is -1.21. The fourth-order valence-corrected chi connectivity index (χ4v) is 1.46. The summed E-state index contributed by atoms with van der Waals surface area (Å²) in [5.41, 5.74) is 0.624. The molecular formula is C11H17NO4. The second-order valence-corrected chi connectivity index (χ2v) is 4.07. The van der Waals surface area contributed by atoms with Crippen LogP contribution in [-0.2, 0) is 19.1 Å². The van der Waals surface area contributed by atoms with Crippen LogP contribution in [-0.4, -0.2) is 30.8 Å². The minimum absolute atomic E-state index is 0.423. The Morgan fingerprint density at radius 3 is 2.56 bits per heavy atom. The van der Waals surface area contributed by atoms with Crippen molar-refractivity contribution in [3.05, 3.63) is 11.6 Å². The first-order chi connectivity index (χ1) is 7.41. The summed E-state index contributed by atoms with van der Waals surface area (Å²) in [6.45, 7) is 5.77. The molecule has 1 N–H and O–H groups in total. The highest BCUT2D eigenvalue weighted by Crippen LogP contribution is 2.16. The molecule has 1 aliphatic heterocycles. The average Bonchev–Trinajstić information content (AvgIpc) is 2.16. The molecule has 1 heterocycles. The molecule has 0 fully saturated rings. The molecule has 16 heavy (non-hydrogen) atoms. The van der Waals surface area contributed by atoms with Crippen LogP contribution in [0.5, 0.6) is 0 Å². The normalized spacial score (nSPS) is 16.3. The van der Waals surface area contributed by atoms with E-state index in [4.69, 9.17) is 9.47 Å². The first kappa shape index (κ1) is 12.7. The topological polar surface area (TPSA) is 64.6 Å². The second kappa shape index (κ2) is 5.12. The smallest absolute Gasteiger partial charge is 0.337 e. The number of carbonyl (C=O) groups is 2. The van der Waals surface area contributed by atoms with Crippen LogP contribution in [0, 0.1) is 0 Å². The number of nitrogens with one attached hydrogen (secondary N) is 1. The summed E-state index contributed by atoms with van der Waals surface area (Å²) in [7, 11) is 0. The standard InChI is InChI=1S/C11H17NO4/c1-8(13)15-11(2,3)16-10(14)9-4-6-12-7-5-9/h4,12H,5-7H2,1-3H3. The van der Waals surface area contributed by atoms with Gasteiger partial charge < -0.3 is 14.8 Å². The van der Waals surface area contributed by atoms with Crippen LogP contribution in [0.25, 0.3) is 0 Å². The molecule has 1 aliphatic rings. The van der Waals surface area contributed by atoms with Gasteiger partial charge in [-0.15, -0.1) is 0 Å². The quantitative estimate of drug-likeness (QED) is 0.569. The zero-order valence-electron chi connectivity index (χ0n) is 9.83. The molecule has 5 nitrogen and oxygen atoms in total. The fourth-order valence-electron chi connectivity index (χ4n) is 1.46. The zero-order valence-corrected chi connectivity index (χ0v) is 9.83. The van der Waals surface area contributed by atoms with Gasteiger partial charge in [0.2, 0.25) is 0 Å².